The third-order valence-electron chi connectivity index (χ3n) is 10.1. The van der Waals surface area contributed by atoms with E-state index in [0.717, 1.165) is 25.0 Å². The molecule has 2 aromatic heterocycles. The number of alkyl halides is 3. The molecule has 0 radical (unpaired) electrons. The van der Waals surface area contributed by atoms with Gasteiger partial charge in [-0.05, 0) is 57.6 Å². The Kier molecular flexibility index (Phi) is 6.25. The lowest BCUT2D eigenvalue weighted by Crippen LogP contribution is -2.62. The van der Waals surface area contributed by atoms with Gasteiger partial charge >= 0.3 is 12.2 Å². The number of ether oxygens (including phenoxy) is 2. The van der Waals surface area contributed by atoms with E-state index in [4.69, 9.17) is 30.9 Å². The van der Waals surface area contributed by atoms with E-state index in [2.05, 4.69) is 20.3 Å². The minimum Gasteiger partial charge on any atom is -0.472 e. The molecule has 9 nitrogen and oxygen atoms in total. The summed E-state index contributed by atoms with van der Waals surface area (Å²) in [5, 5.41) is 2.46. The Hall–Kier alpha value is -3.56. The molecule has 2 bridgehead atoms. The van der Waals surface area contributed by atoms with Gasteiger partial charge in [0.2, 0.25) is 5.88 Å². The van der Waals surface area contributed by atoms with Crippen molar-refractivity contribution in [1.29, 1.82) is 0 Å². The quantitative estimate of drug-likeness (QED) is 0.255. The largest absolute Gasteiger partial charge is 0.472 e. The Labute approximate surface area is 274 Å². The molecule has 3 aromatic rings. The Morgan fingerprint density at radius 1 is 1.26 bits per heavy atom. The summed E-state index contributed by atoms with van der Waals surface area (Å²) in [4.78, 5) is 16.8. The van der Waals surface area contributed by atoms with E-state index in [1.165, 1.54) is 0 Å². The predicted octanol–water partition coefficient (Wildman–Crippen LogP) is 5.94. The van der Waals surface area contributed by atoms with Gasteiger partial charge in [0, 0.05) is 46.1 Å². The van der Waals surface area contributed by atoms with Gasteiger partial charge in [-0.3, -0.25) is 4.90 Å². The van der Waals surface area contributed by atoms with E-state index in [1.54, 1.807) is 4.90 Å². The summed E-state index contributed by atoms with van der Waals surface area (Å²) in [6.07, 6.45) is -5.74. The molecule has 8 rings (SSSR count). The summed E-state index contributed by atoms with van der Waals surface area (Å²) in [6, 6.07) is 0.0366. The fourth-order valence-corrected chi connectivity index (χ4v) is 8.37. The van der Waals surface area contributed by atoms with Crippen molar-refractivity contribution >= 4 is 34.0 Å². The van der Waals surface area contributed by atoms with Crippen molar-refractivity contribution in [1.82, 2.24) is 25.2 Å². The zero-order valence-corrected chi connectivity index (χ0v) is 25.4. The van der Waals surface area contributed by atoms with E-state index < -0.39 is 75.9 Å². The molecule has 0 spiro atoms. The van der Waals surface area contributed by atoms with Gasteiger partial charge in [-0.1, -0.05) is 11.6 Å². The lowest BCUT2D eigenvalue weighted by atomic mass is 9.94. The normalized spacial score (nSPS) is 29.6. The lowest BCUT2D eigenvalue weighted by Gasteiger charge is -2.42. The molecule has 4 saturated heterocycles. The number of fused-ring (bicyclic) bond motifs is 6. The second-order valence-corrected chi connectivity index (χ2v) is 13.3. The van der Waals surface area contributed by atoms with E-state index in [9.17, 15) is 22.0 Å². The van der Waals surface area contributed by atoms with Gasteiger partial charge in [0.15, 0.2) is 5.82 Å². The monoisotopic (exact) mass is 684 g/mol. The predicted molar refractivity (Wildman–Crippen MR) is 161 cm³/mol. The number of benzene rings is 1. The smallest absolute Gasteiger partial charge is 0.418 e. The molecule has 5 aliphatic heterocycles. The van der Waals surface area contributed by atoms with Crippen LogP contribution in [0.15, 0.2) is 23.8 Å². The standard InChI is InChI=1S/C31H30ClF6N7O2/c1-13-25-19-4-3-16(40-19)11-45(25)27-20-24(42-29(43-27)46-12-30-5-2-6-44(30)10-14(9-30)26(34)35)22(33)23(41-28(20)47-13)17-7-15(39)8-18(32)21(17)31(36,37)38/h7-8,13,16,19,25,40H,2-6,9-12,39H2,1H3/t13-,16+,19-,25+,30-/m0/s1/i1D3. The highest BCUT2D eigenvalue weighted by atomic mass is 35.5. The van der Waals surface area contributed by atoms with Crippen molar-refractivity contribution in [2.45, 2.75) is 74.9 Å². The summed E-state index contributed by atoms with van der Waals surface area (Å²) in [5.41, 5.74) is 1.23. The Morgan fingerprint density at radius 2 is 2.09 bits per heavy atom. The number of aromatic nitrogens is 3. The molecule has 4 fully saturated rings. The number of nitrogens with zero attached hydrogens (tertiary/aromatic N) is 5. The number of nitrogen functional groups attached to an aromatic ring is 1. The van der Waals surface area contributed by atoms with Crippen LogP contribution in [0.2, 0.25) is 5.02 Å². The van der Waals surface area contributed by atoms with Gasteiger partial charge in [0.05, 0.1) is 22.2 Å². The topological polar surface area (TPSA) is 102 Å². The molecule has 5 aliphatic rings. The van der Waals surface area contributed by atoms with Gasteiger partial charge in [-0.25, -0.2) is 9.37 Å². The lowest BCUT2D eigenvalue weighted by molar-refractivity contribution is -0.137. The molecular weight excluding hydrogens is 652 g/mol. The van der Waals surface area contributed by atoms with Crippen molar-refractivity contribution in [2.24, 2.45) is 0 Å². The van der Waals surface area contributed by atoms with Crippen LogP contribution in [-0.4, -0.2) is 75.9 Å². The number of nitrogens with one attached hydrogen (secondary N) is 1. The van der Waals surface area contributed by atoms with Crippen molar-refractivity contribution in [3.8, 4) is 23.1 Å². The summed E-state index contributed by atoms with van der Waals surface area (Å²) in [7, 11) is 0. The van der Waals surface area contributed by atoms with Crippen molar-refractivity contribution in [3.05, 3.63) is 40.2 Å². The molecule has 250 valence electrons. The first-order chi connectivity index (χ1) is 23.5. The fourth-order valence-electron chi connectivity index (χ4n) is 8.04. The first kappa shape index (κ1) is 27.4. The first-order valence-electron chi connectivity index (χ1n) is 16.7. The number of pyridine rings is 1. The molecule has 0 unspecified atom stereocenters. The molecule has 47 heavy (non-hydrogen) atoms. The molecule has 1 aromatic carbocycles. The highest BCUT2D eigenvalue weighted by Gasteiger charge is 2.50. The van der Waals surface area contributed by atoms with Crippen LogP contribution in [-0.2, 0) is 6.18 Å². The Balaban J connectivity index is 1.34. The number of hydrogen-bond acceptors (Lipinski definition) is 9. The molecule has 0 amide bonds. The van der Waals surface area contributed by atoms with Gasteiger partial charge in [-0.2, -0.15) is 31.9 Å². The zero-order valence-electron chi connectivity index (χ0n) is 27.6. The van der Waals surface area contributed by atoms with Crippen molar-refractivity contribution in [3.63, 3.8) is 0 Å². The highest BCUT2D eigenvalue weighted by Crippen LogP contribution is 2.48. The number of anilines is 2. The number of halogens is 7. The summed E-state index contributed by atoms with van der Waals surface area (Å²) < 4.78 is 125. The third kappa shape index (κ3) is 4.87. The van der Waals surface area contributed by atoms with Crippen LogP contribution in [0.25, 0.3) is 22.2 Å². The number of hydrogen-bond donors (Lipinski definition) is 2. The van der Waals surface area contributed by atoms with Crippen LogP contribution < -0.4 is 25.4 Å². The number of nitrogens with two attached hydrogens (primary N) is 1. The van der Waals surface area contributed by atoms with E-state index in [1.807, 2.05) is 4.90 Å². The molecule has 5 atom stereocenters. The SMILES string of the molecule is [2H]C([2H])([2H])[C@@H]1Oc2nc(-c3cc(N)cc(Cl)c3C(F)(F)F)c(F)c3nc(OC[C@@]45CCCN4CC(=C(F)F)C5)nc(c23)N2C[C@H]3CC[C@H](N3)[C@@H]12. The minimum atomic E-state index is -5.07. The molecule has 0 aliphatic carbocycles. The Morgan fingerprint density at radius 3 is 2.85 bits per heavy atom. The molecule has 0 saturated carbocycles. The maximum atomic E-state index is 16.9. The molecule has 3 N–H and O–H groups in total. The van der Waals surface area contributed by atoms with Gasteiger partial charge in [0.25, 0.3) is 6.08 Å². The number of piperazine rings is 1. The third-order valence-corrected chi connectivity index (χ3v) is 10.3. The maximum absolute atomic E-state index is 16.9. The van der Waals surface area contributed by atoms with E-state index in [0.29, 0.717) is 19.4 Å². The minimum absolute atomic E-state index is 0.000957. The zero-order chi connectivity index (χ0) is 35.5. The summed E-state index contributed by atoms with van der Waals surface area (Å²) in [6.45, 7) is -2.00. The van der Waals surface area contributed by atoms with E-state index in [-0.39, 0.29) is 66.7 Å². The highest BCUT2D eigenvalue weighted by molar-refractivity contribution is 6.32. The van der Waals surface area contributed by atoms with Gasteiger partial charge in [0.1, 0.15) is 35.1 Å². The first-order valence-corrected chi connectivity index (χ1v) is 15.6. The fraction of sp³-hybridized carbons (Fsp3) is 0.516. The molecular formula is C31H30ClF6N7O2. The number of rotatable bonds is 4. The van der Waals surface area contributed by atoms with Crippen molar-refractivity contribution < 1.29 is 39.9 Å². The molecule has 16 heteroatoms. The van der Waals surface area contributed by atoms with Crippen LogP contribution in [0.5, 0.6) is 11.9 Å². The van der Waals surface area contributed by atoms with Gasteiger partial charge in [-0.15, -0.1) is 0 Å². The average molecular weight is 685 g/mol. The Bertz CT molecular complexity index is 1950. The van der Waals surface area contributed by atoms with Crippen LogP contribution >= 0.6 is 11.6 Å². The van der Waals surface area contributed by atoms with Crippen LogP contribution in [0.4, 0.5) is 37.8 Å². The average Bonchev–Trinajstić information content (AvgIpc) is 3.68. The maximum Gasteiger partial charge on any atom is 0.418 e. The van der Waals surface area contributed by atoms with Gasteiger partial charge < -0.3 is 25.4 Å². The summed E-state index contributed by atoms with van der Waals surface area (Å²) in [5.74, 6) is -1.75. The summed E-state index contributed by atoms with van der Waals surface area (Å²) >= 11 is 6.01. The van der Waals surface area contributed by atoms with E-state index >= 15 is 4.39 Å². The molecule has 7 heterocycles. The van der Waals surface area contributed by atoms with Crippen molar-refractivity contribution in [2.75, 3.05) is 36.9 Å². The van der Waals surface area contributed by atoms with Crippen LogP contribution in [0.3, 0.4) is 0 Å². The van der Waals surface area contributed by atoms with Crippen LogP contribution in [0, 0.1) is 5.82 Å². The second kappa shape index (κ2) is 10.7. The van der Waals surface area contributed by atoms with Crippen LogP contribution in [0.1, 0.15) is 48.6 Å². The second-order valence-electron chi connectivity index (χ2n) is 12.9.